The summed E-state index contributed by atoms with van der Waals surface area (Å²) in [6.07, 6.45) is 2.15. The molecule has 1 saturated carbocycles. The quantitative estimate of drug-likeness (QED) is 0.873. The van der Waals surface area contributed by atoms with E-state index in [0.29, 0.717) is 5.56 Å². The molecule has 6 heteroatoms. The second kappa shape index (κ2) is 7.24. The van der Waals surface area contributed by atoms with E-state index < -0.39 is 0 Å². The molecule has 22 heavy (non-hydrogen) atoms. The summed E-state index contributed by atoms with van der Waals surface area (Å²) in [6, 6.07) is 6.41. The van der Waals surface area contributed by atoms with Crippen LogP contribution in [0.4, 0.5) is 9.18 Å². The maximum absolute atomic E-state index is 13.7. The van der Waals surface area contributed by atoms with Crippen LogP contribution in [0, 0.1) is 5.82 Å². The van der Waals surface area contributed by atoms with Gasteiger partial charge in [-0.2, -0.15) is 0 Å². The molecule has 0 spiro atoms. The van der Waals surface area contributed by atoms with Gasteiger partial charge >= 0.3 is 6.03 Å². The van der Waals surface area contributed by atoms with Gasteiger partial charge in [0.05, 0.1) is 6.54 Å². The van der Waals surface area contributed by atoms with Crippen molar-refractivity contribution in [3.05, 3.63) is 35.6 Å². The van der Waals surface area contributed by atoms with Gasteiger partial charge in [0.15, 0.2) is 0 Å². The number of rotatable bonds is 6. The molecule has 0 bridgehead atoms. The van der Waals surface area contributed by atoms with Crippen molar-refractivity contribution in [2.24, 2.45) is 0 Å². The van der Waals surface area contributed by atoms with Gasteiger partial charge in [0, 0.05) is 38.7 Å². The van der Waals surface area contributed by atoms with Crippen molar-refractivity contribution in [1.29, 1.82) is 0 Å². The van der Waals surface area contributed by atoms with E-state index in [2.05, 4.69) is 5.32 Å². The highest BCUT2D eigenvalue weighted by atomic mass is 19.1. The van der Waals surface area contributed by atoms with E-state index in [9.17, 15) is 14.0 Å². The van der Waals surface area contributed by atoms with Crippen LogP contribution in [0.15, 0.2) is 24.3 Å². The summed E-state index contributed by atoms with van der Waals surface area (Å²) in [5, 5.41) is 2.75. The van der Waals surface area contributed by atoms with Crippen LogP contribution in [-0.4, -0.2) is 48.4 Å². The fraction of sp³-hybridized carbons (Fsp3) is 0.500. The van der Waals surface area contributed by atoms with Gasteiger partial charge in [-0.3, -0.25) is 4.79 Å². The van der Waals surface area contributed by atoms with Gasteiger partial charge < -0.3 is 15.1 Å². The SMILES string of the molecule is CN(C)C(=O)CCNC(=O)N(Cc1ccccc1F)C1CC1. The van der Waals surface area contributed by atoms with Gasteiger partial charge in [-0.1, -0.05) is 18.2 Å². The van der Waals surface area contributed by atoms with Gasteiger partial charge in [-0.25, -0.2) is 9.18 Å². The maximum Gasteiger partial charge on any atom is 0.317 e. The first-order chi connectivity index (χ1) is 10.5. The van der Waals surface area contributed by atoms with Gasteiger partial charge in [-0.15, -0.1) is 0 Å². The molecule has 0 aliphatic heterocycles. The zero-order valence-corrected chi connectivity index (χ0v) is 13.0. The zero-order valence-electron chi connectivity index (χ0n) is 13.0. The van der Waals surface area contributed by atoms with E-state index in [4.69, 9.17) is 0 Å². The molecule has 0 aromatic heterocycles. The molecule has 120 valence electrons. The molecule has 1 aliphatic carbocycles. The Labute approximate surface area is 130 Å². The molecule has 1 N–H and O–H groups in total. The summed E-state index contributed by atoms with van der Waals surface area (Å²) in [5.74, 6) is -0.337. The Morgan fingerprint density at radius 2 is 1.95 bits per heavy atom. The van der Waals surface area contributed by atoms with Crippen LogP contribution in [0.1, 0.15) is 24.8 Å². The minimum atomic E-state index is -0.302. The Morgan fingerprint density at radius 3 is 2.55 bits per heavy atom. The lowest BCUT2D eigenvalue weighted by atomic mass is 10.2. The summed E-state index contributed by atoms with van der Waals surface area (Å²) in [4.78, 5) is 26.9. The van der Waals surface area contributed by atoms with Crippen LogP contribution in [0.25, 0.3) is 0 Å². The first-order valence-electron chi connectivity index (χ1n) is 7.47. The van der Waals surface area contributed by atoms with E-state index in [-0.39, 0.29) is 43.3 Å². The normalized spacial score (nSPS) is 13.6. The van der Waals surface area contributed by atoms with Crippen molar-refractivity contribution in [3.8, 4) is 0 Å². The second-order valence-electron chi connectivity index (χ2n) is 5.72. The van der Waals surface area contributed by atoms with Gasteiger partial charge in [0.25, 0.3) is 0 Å². The summed E-state index contributed by atoms with van der Waals surface area (Å²) < 4.78 is 13.7. The number of carbonyl (C=O) groups excluding carboxylic acids is 2. The molecule has 3 amide bonds. The van der Waals surface area contributed by atoms with Gasteiger partial charge in [0.2, 0.25) is 5.91 Å². The molecule has 1 fully saturated rings. The smallest absolute Gasteiger partial charge is 0.317 e. The van der Waals surface area contributed by atoms with E-state index in [1.165, 1.54) is 11.0 Å². The Morgan fingerprint density at radius 1 is 1.27 bits per heavy atom. The number of amides is 3. The standard InChI is InChI=1S/C16H22FN3O2/c1-19(2)15(21)9-10-18-16(22)20(13-7-8-13)11-12-5-3-4-6-14(12)17/h3-6,13H,7-11H2,1-2H3,(H,18,22). The summed E-state index contributed by atoms with van der Waals surface area (Å²) in [6.45, 7) is 0.543. The lowest BCUT2D eigenvalue weighted by Crippen LogP contribution is -2.42. The third-order valence-electron chi connectivity index (χ3n) is 3.66. The molecule has 0 saturated heterocycles. The monoisotopic (exact) mass is 307 g/mol. The van der Waals surface area contributed by atoms with Crippen molar-refractivity contribution < 1.29 is 14.0 Å². The molecule has 0 heterocycles. The van der Waals surface area contributed by atoms with Crippen molar-refractivity contribution in [2.75, 3.05) is 20.6 Å². The van der Waals surface area contributed by atoms with Crippen LogP contribution in [0.3, 0.4) is 0 Å². The highest BCUT2D eigenvalue weighted by Gasteiger charge is 2.32. The van der Waals surface area contributed by atoms with Crippen LogP contribution >= 0.6 is 0 Å². The van der Waals surface area contributed by atoms with Crippen molar-refractivity contribution >= 4 is 11.9 Å². The number of hydrogen-bond donors (Lipinski definition) is 1. The average Bonchev–Trinajstić information content (AvgIpc) is 3.30. The van der Waals surface area contributed by atoms with Gasteiger partial charge in [0.1, 0.15) is 5.82 Å². The minimum absolute atomic E-state index is 0.0348. The van der Waals surface area contributed by atoms with Crippen LogP contribution in [-0.2, 0) is 11.3 Å². The van der Waals surface area contributed by atoms with Crippen molar-refractivity contribution in [3.63, 3.8) is 0 Å². The predicted octanol–water partition coefficient (Wildman–Crippen LogP) is 1.98. The topological polar surface area (TPSA) is 52.7 Å². The van der Waals surface area contributed by atoms with Gasteiger partial charge in [-0.05, 0) is 18.9 Å². The van der Waals surface area contributed by atoms with Crippen LogP contribution in [0.5, 0.6) is 0 Å². The first kappa shape index (κ1) is 16.3. The average molecular weight is 307 g/mol. The summed E-state index contributed by atoms with van der Waals surface area (Å²) in [5.41, 5.74) is 0.508. The fourth-order valence-electron chi connectivity index (χ4n) is 2.16. The second-order valence-corrected chi connectivity index (χ2v) is 5.72. The first-order valence-corrected chi connectivity index (χ1v) is 7.47. The number of nitrogens with one attached hydrogen (secondary N) is 1. The molecule has 5 nitrogen and oxygen atoms in total. The van der Waals surface area contributed by atoms with E-state index in [0.717, 1.165) is 12.8 Å². The number of urea groups is 1. The summed E-state index contributed by atoms with van der Waals surface area (Å²) >= 11 is 0. The summed E-state index contributed by atoms with van der Waals surface area (Å²) in [7, 11) is 3.36. The van der Waals surface area contributed by atoms with Crippen LogP contribution in [0.2, 0.25) is 0 Å². The molecule has 0 atom stereocenters. The Bertz CT molecular complexity index is 544. The molecule has 0 unspecified atom stereocenters. The molecule has 0 radical (unpaired) electrons. The Kier molecular flexibility index (Phi) is 5.35. The van der Waals surface area contributed by atoms with E-state index in [1.54, 1.807) is 37.2 Å². The molecular weight excluding hydrogens is 285 g/mol. The third kappa shape index (κ3) is 4.44. The number of nitrogens with zero attached hydrogens (tertiary/aromatic N) is 2. The van der Waals surface area contributed by atoms with Crippen molar-refractivity contribution in [2.45, 2.75) is 31.8 Å². The Hall–Kier alpha value is -2.11. The number of hydrogen-bond acceptors (Lipinski definition) is 2. The van der Waals surface area contributed by atoms with E-state index in [1.807, 2.05) is 0 Å². The number of halogens is 1. The number of benzene rings is 1. The van der Waals surface area contributed by atoms with E-state index >= 15 is 0 Å². The lowest BCUT2D eigenvalue weighted by Gasteiger charge is -2.23. The highest BCUT2D eigenvalue weighted by Crippen LogP contribution is 2.28. The Balaban J connectivity index is 1.90. The zero-order chi connectivity index (χ0) is 16.1. The predicted molar refractivity (Wildman–Crippen MR) is 81.7 cm³/mol. The minimum Gasteiger partial charge on any atom is -0.349 e. The lowest BCUT2D eigenvalue weighted by molar-refractivity contribution is -0.128. The fourth-order valence-corrected chi connectivity index (χ4v) is 2.16. The molecule has 1 aromatic rings. The molecular formula is C16H22FN3O2. The molecule has 2 rings (SSSR count). The highest BCUT2D eigenvalue weighted by molar-refractivity contribution is 5.78. The van der Waals surface area contributed by atoms with Crippen LogP contribution < -0.4 is 5.32 Å². The maximum atomic E-state index is 13.7. The largest absolute Gasteiger partial charge is 0.349 e. The number of carbonyl (C=O) groups is 2. The third-order valence-corrected chi connectivity index (χ3v) is 3.66. The molecule has 1 aliphatic rings. The van der Waals surface area contributed by atoms with Crippen molar-refractivity contribution in [1.82, 2.24) is 15.1 Å². The molecule has 1 aromatic carbocycles.